The summed E-state index contributed by atoms with van der Waals surface area (Å²) >= 11 is 0. The second kappa shape index (κ2) is 7.54. The van der Waals surface area contributed by atoms with Gasteiger partial charge in [-0.25, -0.2) is 0 Å². The zero-order valence-corrected chi connectivity index (χ0v) is 12.3. The number of hydrogen-bond donors (Lipinski definition) is 1. The van der Waals surface area contributed by atoms with Gasteiger partial charge in [0.25, 0.3) is 0 Å². The van der Waals surface area contributed by atoms with Gasteiger partial charge in [0.15, 0.2) is 0 Å². The average molecular weight is 261 g/mol. The van der Waals surface area contributed by atoms with Crippen molar-refractivity contribution in [2.24, 2.45) is 0 Å². The van der Waals surface area contributed by atoms with Crippen molar-refractivity contribution in [2.75, 3.05) is 6.54 Å². The van der Waals surface area contributed by atoms with Crippen molar-refractivity contribution in [1.29, 1.82) is 0 Å². The molecule has 2 heteroatoms. The smallest absolute Gasteiger partial charge is 0.119 e. The van der Waals surface area contributed by atoms with E-state index in [4.69, 9.17) is 4.74 Å². The van der Waals surface area contributed by atoms with Crippen molar-refractivity contribution < 1.29 is 4.74 Å². The third-order valence-electron chi connectivity index (χ3n) is 3.98. The van der Waals surface area contributed by atoms with Gasteiger partial charge in [-0.05, 0) is 56.8 Å². The fourth-order valence-electron chi connectivity index (χ4n) is 2.58. The Hall–Kier alpha value is -1.02. The molecule has 19 heavy (non-hydrogen) atoms. The molecule has 0 radical (unpaired) electrons. The van der Waals surface area contributed by atoms with E-state index in [0.717, 1.165) is 18.6 Å². The highest BCUT2D eigenvalue weighted by Crippen LogP contribution is 2.18. The lowest BCUT2D eigenvalue weighted by Gasteiger charge is -2.16. The van der Waals surface area contributed by atoms with E-state index in [-0.39, 0.29) is 0 Å². The molecule has 2 nitrogen and oxygen atoms in total. The monoisotopic (exact) mass is 261 g/mol. The molecular formula is C17H27NO. The van der Waals surface area contributed by atoms with Gasteiger partial charge in [-0.1, -0.05) is 31.9 Å². The molecular weight excluding hydrogens is 234 g/mol. The minimum atomic E-state index is 0.300. The maximum Gasteiger partial charge on any atom is 0.119 e. The molecule has 2 atom stereocenters. The zero-order chi connectivity index (χ0) is 13.5. The Balaban J connectivity index is 1.87. The van der Waals surface area contributed by atoms with Crippen LogP contribution in [0, 0.1) is 0 Å². The van der Waals surface area contributed by atoms with E-state index >= 15 is 0 Å². The predicted molar refractivity (Wildman–Crippen MR) is 80.8 cm³/mol. The Bertz CT molecular complexity index is 352. The molecule has 0 aromatic heterocycles. The molecule has 1 N–H and O–H groups in total. The Morgan fingerprint density at radius 1 is 1.21 bits per heavy atom. The van der Waals surface area contributed by atoms with E-state index < -0.39 is 0 Å². The van der Waals surface area contributed by atoms with Crippen LogP contribution < -0.4 is 10.1 Å². The van der Waals surface area contributed by atoms with Crippen LogP contribution in [-0.2, 0) is 6.42 Å². The van der Waals surface area contributed by atoms with Crippen LogP contribution in [0.5, 0.6) is 5.75 Å². The van der Waals surface area contributed by atoms with Crippen molar-refractivity contribution in [3.63, 3.8) is 0 Å². The topological polar surface area (TPSA) is 21.3 Å². The van der Waals surface area contributed by atoms with Gasteiger partial charge in [0.05, 0.1) is 6.10 Å². The summed E-state index contributed by atoms with van der Waals surface area (Å²) in [5.41, 5.74) is 1.41. The molecule has 1 aliphatic rings. The molecule has 0 saturated carbocycles. The third kappa shape index (κ3) is 4.87. The largest absolute Gasteiger partial charge is 0.491 e. The van der Waals surface area contributed by atoms with Gasteiger partial charge in [0.2, 0.25) is 0 Å². The minimum Gasteiger partial charge on any atom is -0.491 e. The Kier molecular flexibility index (Phi) is 5.71. The lowest BCUT2D eigenvalue weighted by Crippen LogP contribution is -2.30. The van der Waals surface area contributed by atoms with Gasteiger partial charge in [0, 0.05) is 6.04 Å². The van der Waals surface area contributed by atoms with Crippen LogP contribution in [0.3, 0.4) is 0 Å². The first-order valence-electron chi connectivity index (χ1n) is 7.77. The van der Waals surface area contributed by atoms with Crippen molar-refractivity contribution >= 4 is 0 Å². The minimum absolute atomic E-state index is 0.300. The second-order valence-corrected chi connectivity index (χ2v) is 5.69. The fraction of sp³-hybridized carbons (Fsp3) is 0.647. The quantitative estimate of drug-likeness (QED) is 0.867. The average Bonchev–Trinajstić information content (AvgIpc) is 2.69. The highest BCUT2D eigenvalue weighted by molar-refractivity contribution is 5.28. The second-order valence-electron chi connectivity index (χ2n) is 5.69. The molecule has 0 amide bonds. The highest BCUT2D eigenvalue weighted by atomic mass is 16.5. The molecule has 1 saturated heterocycles. The normalized spacial score (nSPS) is 21.7. The van der Waals surface area contributed by atoms with Crippen LogP contribution in [0.4, 0.5) is 0 Å². The lowest BCUT2D eigenvalue weighted by molar-refractivity contribution is 0.217. The number of ether oxygens (including phenoxy) is 1. The third-order valence-corrected chi connectivity index (χ3v) is 3.98. The maximum atomic E-state index is 5.81. The summed E-state index contributed by atoms with van der Waals surface area (Å²) < 4.78 is 5.81. The van der Waals surface area contributed by atoms with Crippen molar-refractivity contribution in [3.8, 4) is 5.75 Å². The zero-order valence-electron chi connectivity index (χ0n) is 12.3. The van der Waals surface area contributed by atoms with Gasteiger partial charge >= 0.3 is 0 Å². The van der Waals surface area contributed by atoms with E-state index in [0.29, 0.717) is 12.1 Å². The number of nitrogens with one attached hydrogen (secondary N) is 1. The standard InChI is InChI=1S/C17H27NO/c1-3-14(2)19-17-10-8-15(9-11-17)13-16-7-5-4-6-12-18-16/h8-11,14,16,18H,3-7,12-13H2,1-2H3/t14-,16?/m1/s1. The molecule has 1 aromatic rings. The summed E-state index contributed by atoms with van der Waals surface area (Å²) in [7, 11) is 0. The highest BCUT2D eigenvalue weighted by Gasteiger charge is 2.12. The van der Waals surface area contributed by atoms with Gasteiger partial charge in [0.1, 0.15) is 5.75 Å². The molecule has 1 unspecified atom stereocenters. The molecule has 0 spiro atoms. The van der Waals surface area contributed by atoms with Crippen LogP contribution >= 0.6 is 0 Å². The Morgan fingerprint density at radius 2 is 2.00 bits per heavy atom. The Morgan fingerprint density at radius 3 is 2.74 bits per heavy atom. The maximum absolute atomic E-state index is 5.81. The molecule has 0 bridgehead atoms. The van der Waals surface area contributed by atoms with Gasteiger partial charge in [-0.3, -0.25) is 0 Å². The van der Waals surface area contributed by atoms with E-state index in [2.05, 4.69) is 43.4 Å². The number of hydrogen-bond acceptors (Lipinski definition) is 2. The van der Waals surface area contributed by atoms with Crippen molar-refractivity contribution in [1.82, 2.24) is 5.32 Å². The first-order valence-corrected chi connectivity index (χ1v) is 7.77. The summed E-state index contributed by atoms with van der Waals surface area (Å²) in [5, 5.41) is 3.65. The van der Waals surface area contributed by atoms with Crippen molar-refractivity contribution in [3.05, 3.63) is 29.8 Å². The van der Waals surface area contributed by atoms with Gasteiger partial charge in [-0.2, -0.15) is 0 Å². The van der Waals surface area contributed by atoms with Gasteiger partial charge in [-0.15, -0.1) is 0 Å². The molecule has 106 valence electrons. The van der Waals surface area contributed by atoms with Crippen molar-refractivity contribution in [2.45, 2.75) is 64.5 Å². The fourth-order valence-corrected chi connectivity index (χ4v) is 2.58. The number of benzene rings is 1. The summed E-state index contributed by atoms with van der Waals surface area (Å²) in [6, 6.07) is 9.30. The van der Waals surface area contributed by atoms with Crippen LogP contribution in [-0.4, -0.2) is 18.7 Å². The summed E-state index contributed by atoms with van der Waals surface area (Å²) in [6.07, 6.45) is 7.88. The first-order chi connectivity index (χ1) is 9.28. The molecule has 1 aromatic carbocycles. The lowest BCUT2D eigenvalue weighted by atomic mass is 10.0. The van der Waals surface area contributed by atoms with Crippen LogP contribution in [0.2, 0.25) is 0 Å². The summed E-state index contributed by atoms with van der Waals surface area (Å²) in [5.74, 6) is 0.993. The Labute approximate surface area is 117 Å². The molecule has 2 rings (SSSR count). The molecule has 0 aliphatic carbocycles. The van der Waals surface area contributed by atoms with E-state index in [9.17, 15) is 0 Å². The van der Waals surface area contributed by atoms with Gasteiger partial charge < -0.3 is 10.1 Å². The first kappa shape index (κ1) is 14.4. The number of rotatable bonds is 5. The van der Waals surface area contributed by atoms with E-state index in [1.165, 1.54) is 37.8 Å². The SMILES string of the molecule is CC[C@@H](C)Oc1ccc(CC2CCCCCN2)cc1. The molecule has 1 aliphatic heterocycles. The summed E-state index contributed by atoms with van der Waals surface area (Å²) in [4.78, 5) is 0. The van der Waals surface area contributed by atoms with Crippen LogP contribution in [0.25, 0.3) is 0 Å². The van der Waals surface area contributed by atoms with Crippen LogP contribution in [0.15, 0.2) is 24.3 Å². The predicted octanol–water partition coefficient (Wildman–Crippen LogP) is 3.94. The van der Waals surface area contributed by atoms with E-state index in [1.807, 2.05) is 0 Å². The molecule has 1 fully saturated rings. The summed E-state index contributed by atoms with van der Waals surface area (Å²) in [6.45, 7) is 5.44. The molecule has 1 heterocycles. The van der Waals surface area contributed by atoms with E-state index in [1.54, 1.807) is 0 Å². The van der Waals surface area contributed by atoms with Crippen LogP contribution in [0.1, 0.15) is 51.5 Å².